The van der Waals surface area contributed by atoms with Crippen molar-refractivity contribution in [2.24, 2.45) is 0 Å². The molecule has 0 bridgehead atoms. The summed E-state index contributed by atoms with van der Waals surface area (Å²) in [6.07, 6.45) is -0.540. The van der Waals surface area contributed by atoms with E-state index >= 15 is 0 Å². The van der Waals surface area contributed by atoms with Crippen LogP contribution in [0.25, 0.3) is 0 Å². The number of hydrogen-bond donors (Lipinski definition) is 1. The van der Waals surface area contributed by atoms with Crippen molar-refractivity contribution < 1.29 is 31.3 Å². The highest BCUT2D eigenvalue weighted by molar-refractivity contribution is 7.86. The molecule has 0 aliphatic carbocycles. The maximum absolute atomic E-state index is 12.1. The quantitative estimate of drug-likeness (QED) is 0.477. The van der Waals surface area contributed by atoms with Gasteiger partial charge in [-0.3, -0.25) is 0 Å². The summed E-state index contributed by atoms with van der Waals surface area (Å²) >= 11 is 0. The van der Waals surface area contributed by atoms with E-state index in [1.165, 1.54) is 0 Å². The first-order valence-electron chi connectivity index (χ1n) is 7.00. The number of amides is 1. The van der Waals surface area contributed by atoms with Crippen molar-refractivity contribution in [3.05, 3.63) is 35.9 Å². The second-order valence-corrected chi connectivity index (χ2v) is 5.94. The molecule has 0 saturated heterocycles. The zero-order valence-electron chi connectivity index (χ0n) is 12.6. The molecule has 7 nitrogen and oxygen atoms in total. The third-order valence-corrected chi connectivity index (χ3v) is 3.23. The van der Waals surface area contributed by atoms with Gasteiger partial charge in [-0.05, 0) is 5.56 Å². The lowest BCUT2D eigenvalue weighted by Gasteiger charge is -2.08. The molecule has 0 unspecified atom stereocenters. The molecule has 0 atom stereocenters. The fourth-order valence-corrected chi connectivity index (χ4v) is 1.80. The van der Waals surface area contributed by atoms with Gasteiger partial charge in [-0.2, -0.15) is 8.42 Å². The number of carbonyl (C=O) groups excluding carboxylic acids is 1. The minimum atomic E-state index is -4.49. The van der Waals surface area contributed by atoms with E-state index in [-0.39, 0.29) is 39.6 Å². The summed E-state index contributed by atoms with van der Waals surface area (Å²) in [6.45, 7) is 0.865. The molecule has 0 fully saturated rings. The van der Waals surface area contributed by atoms with Gasteiger partial charge in [0, 0.05) is 6.54 Å². The van der Waals surface area contributed by atoms with Gasteiger partial charge in [0.2, 0.25) is 0 Å². The Morgan fingerprint density at radius 3 is 2.35 bits per heavy atom. The summed E-state index contributed by atoms with van der Waals surface area (Å²) in [5, 5.41) is 2.52. The summed E-state index contributed by atoms with van der Waals surface area (Å²) in [5.41, 5.74) is 0.895. The van der Waals surface area contributed by atoms with Gasteiger partial charge in [-0.15, -0.1) is 3.89 Å². The number of hydrogen-bond acceptors (Lipinski definition) is 6. The molecule has 1 rings (SSSR count). The first kappa shape index (κ1) is 19.3. The Balaban J connectivity index is 1.91. The minimum Gasteiger partial charge on any atom is -0.445 e. The minimum absolute atomic E-state index is 0.147. The predicted molar refractivity (Wildman–Crippen MR) is 81.2 cm³/mol. The molecule has 1 aromatic carbocycles. The second kappa shape index (κ2) is 10.9. The van der Waals surface area contributed by atoms with Gasteiger partial charge in [0.25, 0.3) is 0 Å². The zero-order chi connectivity index (χ0) is 17.0. The lowest BCUT2D eigenvalue weighted by Crippen LogP contribution is -2.28. The van der Waals surface area contributed by atoms with Crippen LogP contribution in [0.1, 0.15) is 5.56 Å². The van der Waals surface area contributed by atoms with E-state index in [1.54, 1.807) is 0 Å². The van der Waals surface area contributed by atoms with Crippen LogP contribution in [0.3, 0.4) is 0 Å². The van der Waals surface area contributed by atoms with Crippen LogP contribution in [0.2, 0.25) is 0 Å². The lowest BCUT2D eigenvalue weighted by molar-refractivity contribution is 0.0536. The average molecular weight is 349 g/mol. The van der Waals surface area contributed by atoms with E-state index in [0.29, 0.717) is 0 Å². The molecule has 9 heteroatoms. The van der Waals surface area contributed by atoms with Crippen LogP contribution in [0.4, 0.5) is 8.68 Å². The number of halogens is 1. The Labute approximate surface area is 134 Å². The van der Waals surface area contributed by atoms with Crippen LogP contribution in [-0.2, 0) is 31.0 Å². The summed E-state index contributed by atoms with van der Waals surface area (Å²) in [5.74, 6) is -0.665. The topological polar surface area (TPSA) is 90.9 Å². The summed E-state index contributed by atoms with van der Waals surface area (Å²) < 4.78 is 47.5. The highest BCUT2D eigenvalue weighted by Gasteiger charge is 2.06. The van der Waals surface area contributed by atoms with Crippen LogP contribution in [0.5, 0.6) is 0 Å². The molecule has 0 heterocycles. The fourth-order valence-electron chi connectivity index (χ4n) is 1.48. The van der Waals surface area contributed by atoms with Crippen molar-refractivity contribution in [1.29, 1.82) is 0 Å². The van der Waals surface area contributed by atoms with Crippen LogP contribution in [0.15, 0.2) is 30.3 Å². The largest absolute Gasteiger partial charge is 0.445 e. The van der Waals surface area contributed by atoms with Gasteiger partial charge >= 0.3 is 16.3 Å². The SMILES string of the molecule is O=C(NCCOCCOCCS(=O)(=O)F)OCc1ccccc1. The first-order chi connectivity index (χ1) is 11.0. The van der Waals surface area contributed by atoms with Gasteiger partial charge in [0.05, 0.1) is 26.4 Å². The predicted octanol–water partition coefficient (Wildman–Crippen LogP) is 1.25. The molecule has 0 radical (unpaired) electrons. The normalized spacial score (nSPS) is 11.2. The Morgan fingerprint density at radius 1 is 1.04 bits per heavy atom. The summed E-state index contributed by atoms with van der Waals surface area (Å²) in [4.78, 5) is 11.4. The Morgan fingerprint density at radius 2 is 1.70 bits per heavy atom. The maximum Gasteiger partial charge on any atom is 0.407 e. The lowest BCUT2D eigenvalue weighted by atomic mass is 10.2. The standard InChI is InChI=1S/C14H20FNO6S/c15-23(18,19)11-10-21-9-8-20-7-6-16-14(17)22-12-13-4-2-1-3-5-13/h1-5H,6-12H2,(H,16,17). The molecule has 0 aliphatic rings. The molecule has 0 aromatic heterocycles. The fraction of sp³-hybridized carbons (Fsp3) is 0.500. The Bertz CT molecular complexity index is 552. The first-order valence-corrected chi connectivity index (χ1v) is 8.55. The molecule has 130 valence electrons. The Kier molecular flexibility index (Phi) is 9.18. The summed E-state index contributed by atoms with van der Waals surface area (Å²) in [6, 6.07) is 9.29. The van der Waals surface area contributed by atoms with Crippen LogP contribution >= 0.6 is 0 Å². The molecule has 1 aromatic rings. The number of benzene rings is 1. The van der Waals surface area contributed by atoms with E-state index in [2.05, 4.69) is 5.32 Å². The molecule has 0 saturated carbocycles. The highest BCUT2D eigenvalue weighted by Crippen LogP contribution is 2.00. The van der Waals surface area contributed by atoms with Gasteiger partial charge in [0.1, 0.15) is 12.4 Å². The molecule has 23 heavy (non-hydrogen) atoms. The van der Waals surface area contributed by atoms with Crippen molar-refractivity contribution in [2.45, 2.75) is 6.61 Å². The smallest absolute Gasteiger partial charge is 0.407 e. The van der Waals surface area contributed by atoms with Crippen molar-refractivity contribution in [3.8, 4) is 0 Å². The van der Waals surface area contributed by atoms with E-state index < -0.39 is 22.1 Å². The van der Waals surface area contributed by atoms with Crippen LogP contribution < -0.4 is 5.32 Å². The highest BCUT2D eigenvalue weighted by atomic mass is 32.3. The molecule has 1 N–H and O–H groups in total. The number of ether oxygens (including phenoxy) is 3. The van der Waals surface area contributed by atoms with Gasteiger partial charge in [-0.1, -0.05) is 30.3 Å². The van der Waals surface area contributed by atoms with Crippen molar-refractivity contribution in [1.82, 2.24) is 5.32 Å². The number of nitrogens with one attached hydrogen (secondary N) is 1. The molecule has 0 aliphatic heterocycles. The van der Waals surface area contributed by atoms with E-state index in [9.17, 15) is 17.1 Å². The van der Waals surface area contributed by atoms with Crippen LogP contribution in [0, 0.1) is 0 Å². The van der Waals surface area contributed by atoms with E-state index in [0.717, 1.165) is 5.56 Å². The van der Waals surface area contributed by atoms with Gasteiger partial charge < -0.3 is 19.5 Å². The monoisotopic (exact) mass is 349 g/mol. The molecule has 0 spiro atoms. The van der Waals surface area contributed by atoms with E-state index in [1.807, 2.05) is 30.3 Å². The average Bonchev–Trinajstić information content (AvgIpc) is 2.51. The molecular weight excluding hydrogens is 329 g/mol. The number of rotatable bonds is 11. The van der Waals surface area contributed by atoms with Gasteiger partial charge in [0.15, 0.2) is 0 Å². The zero-order valence-corrected chi connectivity index (χ0v) is 13.4. The second-order valence-electron chi connectivity index (χ2n) is 4.46. The number of alkyl carbamates (subject to hydrolysis) is 1. The number of carbonyl (C=O) groups is 1. The van der Waals surface area contributed by atoms with Crippen molar-refractivity contribution in [2.75, 3.05) is 38.7 Å². The van der Waals surface area contributed by atoms with Crippen molar-refractivity contribution in [3.63, 3.8) is 0 Å². The summed E-state index contributed by atoms with van der Waals surface area (Å²) in [7, 11) is -4.49. The third kappa shape index (κ3) is 11.5. The molecule has 1 amide bonds. The Hall–Kier alpha value is -1.71. The van der Waals surface area contributed by atoms with Crippen molar-refractivity contribution >= 4 is 16.3 Å². The van der Waals surface area contributed by atoms with Crippen LogP contribution in [-0.4, -0.2) is 53.2 Å². The third-order valence-electron chi connectivity index (χ3n) is 2.57. The van der Waals surface area contributed by atoms with E-state index in [4.69, 9.17) is 14.2 Å². The van der Waals surface area contributed by atoms with Gasteiger partial charge in [-0.25, -0.2) is 4.79 Å². The molecular formula is C14H20FNO6S. The maximum atomic E-state index is 12.1.